The van der Waals surface area contributed by atoms with E-state index in [0.29, 0.717) is 16.5 Å². The second-order valence-electron chi connectivity index (χ2n) is 7.81. The third-order valence-corrected chi connectivity index (χ3v) is 6.39. The van der Waals surface area contributed by atoms with Crippen molar-refractivity contribution in [3.8, 4) is 0 Å². The topological polar surface area (TPSA) is 88.9 Å². The van der Waals surface area contributed by atoms with Crippen LogP contribution in [0.2, 0.25) is 0 Å². The highest BCUT2D eigenvalue weighted by molar-refractivity contribution is 9.10. The average Bonchev–Trinajstić information content (AvgIpc) is 3.11. The molecule has 2 amide bonds. The van der Waals surface area contributed by atoms with Crippen molar-refractivity contribution in [1.82, 2.24) is 20.1 Å². The Labute approximate surface area is 200 Å². The van der Waals surface area contributed by atoms with E-state index < -0.39 is 0 Å². The van der Waals surface area contributed by atoms with E-state index in [1.165, 1.54) is 11.8 Å². The third-order valence-electron chi connectivity index (χ3n) is 4.84. The smallest absolute Gasteiger partial charge is 0.251 e. The minimum atomic E-state index is -0.313. The molecule has 32 heavy (non-hydrogen) atoms. The van der Waals surface area contributed by atoms with E-state index in [-0.39, 0.29) is 29.5 Å². The van der Waals surface area contributed by atoms with Crippen molar-refractivity contribution in [2.24, 2.45) is 13.0 Å². The molecule has 3 aromatic rings. The number of rotatable bonds is 8. The number of aromatic nitrogens is 3. The number of benzene rings is 2. The van der Waals surface area contributed by atoms with Crippen LogP contribution in [0.25, 0.3) is 0 Å². The summed E-state index contributed by atoms with van der Waals surface area (Å²) in [6.45, 7) is 6.00. The summed E-state index contributed by atoms with van der Waals surface area (Å²) < 4.78 is 2.78. The fourth-order valence-electron chi connectivity index (χ4n) is 3.12. The van der Waals surface area contributed by atoms with Crippen LogP contribution < -0.4 is 10.6 Å². The van der Waals surface area contributed by atoms with Gasteiger partial charge >= 0.3 is 0 Å². The number of halogens is 1. The molecule has 1 atom stereocenters. The Hall–Kier alpha value is -2.65. The lowest BCUT2D eigenvalue weighted by atomic mass is 10.0. The van der Waals surface area contributed by atoms with Gasteiger partial charge in [0.25, 0.3) is 5.91 Å². The number of carbonyl (C=O) groups is 2. The molecule has 1 heterocycles. The van der Waals surface area contributed by atoms with Crippen molar-refractivity contribution >= 4 is 45.2 Å². The van der Waals surface area contributed by atoms with E-state index >= 15 is 0 Å². The summed E-state index contributed by atoms with van der Waals surface area (Å²) in [7, 11) is 1.85. The van der Waals surface area contributed by atoms with Gasteiger partial charge < -0.3 is 15.2 Å². The first-order chi connectivity index (χ1) is 15.2. The molecule has 3 rings (SSSR count). The second-order valence-corrected chi connectivity index (χ2v) is 9.67. The van der Waals surface area contributed by atoms with Crippen LogP contribution in [-0.4, -0.2) is 32.3 Å². The number of anilines is 1. The largest absolute Gasteiger partial charge is 0.342 e. The molecule has 9 heteroatoms. The highest BCUT2D eigenvalue weighted by Crippen LogP contribution is 2.25. The van der Waals surface area contributed by atoms with Crippen molar-refractivity contribution in [3.05, 3.63) is 70.0 Å². The second kappa shape index (κ2) is 10.8. The van der Waals surface area contributed by atoms with E-state index in [4.69, 9.17) is 0 Å². The maximum absolute atomic E-state index is 12.8. The highest BCUT2D eigenvalue weighted by Gasteiger charge is 2.25. The Morgan fingerprint density at radius 3 is 2.50 bits per heavy atom. The minimum Gasteiger partial charge on any atom is -0.342 e. The molecule has 0 bridgehead atoms. The maximum atomic E-state index is 12.8. The Kier molecular flexibility index (Phi) is 8.09. The zero-order valence-corrected chi connectivity index (χ0v) is 20.8. The number of hydrogen-bond acceptors (Lipinski definition) is 5. The first-order valence-electron chi connectivity index (χ1n) is 10.2. The van der Waals surface area contributed by atoms with E-state index in [2.05, 4.69) is 36.8 Å². The minimum absolute atomic E-state index is 0.102. The molecule has 0 saturated heterocycles. The lowest BCUT2D eigenvalue weighted by Crippen LogP contribution is -2.33. The molecule has 7 nitrogen and oxygen atoms in total. The standard InChI is InChI=1S/C23H26BrN5O2S/c1-14(2)20(26-22(31)16-7-5-6-15(3)12-16)21-27-28-23(29(21)4)32-13-19(30)25-18-10-8-17(24)9-11-18/h5-12,14,20H,13H2,1-4H3,(H,25,30)(H,26,31)/t20-/m1/s1. The van der Waals surface area contributed by atoms with Gasteiger partial charge in [-0.25, -0.2) is 0 Å². The van der Waals surface area contributed by atoms with E-state index in [1.54, 1.807) is 6.07 Å². The SMILES string of the molecule is Cc1cccc(C(=O)N[C@@H](c2nnc(SCC(=O)Nc3ccc(Br)cc3)n2C)C(C)C)c1. The van der Waals surface area contributed by atoms with Crippen LogP contribution in [0.5, 0.6) is 0 Å². The van der Waals surface area contributed by atoms with Gasteiger partial charge in [0.05, 0.1) is 11.8 Å². The summed E-state index contributed by atoms with van der Waals surface area (Å²) in [5, 5.41) is 15.1. The highest BCUT2D eigenvalue weighted by atomic mass is 79.9. The van der Waals surface area contributed by atoms with Gasteiger partial charge in [0, 0.05) is 22.8 Å². The number of hydrogen-bond donors (Lipinski definition) is 2. The Morgan fingerprint density at radius 1 is 1.12 bits per heavy atom. The number of aryl methyl sites for hydroxylation is 1. The van der Waals surface area contributed by atoms with Gasteiger partial charge in [-0.1, -0.05) is 59.2 Å². The molecule has 1 aromatic heterocycles. The zero-order valence-electron chi connectivity index (χ0n) is 18.4. The summed E-state index contributed by atoms with van der Waals surface area (Å²) in [5.41, 5.74) is 2.37. The van der Waals surface area contributed by atoms with Crippen LogP contribution in [0.15, 0.2) is 58.2 Å². The number of amides is 2. The lowest BCUT2D eigenvalue weighted by Gasteiger charge is -2.21. The van der Waals surface area contributed by atoms with E-state index in [1.807, 2.05) is 74.9 Å². The predicted molar refractivity (Wildman–Crippen MR) is 131 cm³/mol. The van der Waals surface area contributed by atoms with Gasteiger partial charge in [0.1, 0.15) is 0 Å². The van der Waals surface area contributed by atoms with Gasteiger partial charge in [-0.15, -0.1) is 10.2 Å². The molecular weight excluding hydrogens is 490 g/mol. The van der Waals surface area contributed by atoms with Gasteiger partial charge in [-0.2, -0.15) is 0 Å². The van der Waals surface area contributed by atoms with E-state index in [0.717, 1.165) is 15.7 Å². The molecule has 0 aliphatic heterocycles. The lowest BCUT2D eigenvalue weighted by molar-refractivity contribution is -0.113. The molecule has 0 aliphatic carbocycles. The first-order valence-corrected chi connectivity index (χ1v) is 12.0. The fraction of sp³-hybridized carbons (Fsp3) is 0.304. The van der Waals surface area contributed by atoms with Gasteiger partial charge in [-0.3, -0.25) is 9.59 Å². The number of thioether (sulfide) groups is 1. The Bertz CT molecular complexity index is 1100. The molecular formula is C23H26BrN5O2S. The quantitative estimate of drug-likeness (QED) is 0.422. The number of carbonyl (C=O) groups excluding carboxylic acids is 2. The Balaban J connectivity index is 1.66. The summed E-state index contributed by atoms with van der Waals surface area (Å²) in [6, 6.07) is 14.6. The molecule has 0 unspecified atom stereocenters. The van der Waals surface area contributed by atoms with Crippen LogP contribution >= 0.6 is 27.7 Å². The van der Waals surface area contributed by atoms with Crippen molar-refractivity contribution < 1.29 is 9.59 Å². The van der Waals surface area contributed by atoms with Crippen molar-refractivity contribution in [1.29, 1.82) is 0 Å². The number of nitrogens with zero attached hydrogens (tertiary/aromatic N) is 3. The maximum Gasteiger partial charge on any atom is 0.251 e. The normalized spacial score (nSPS) is 11.9. The summed E-state index contributed by atoms with van der Waals surface area (Å²) in [4.78, 5) is 25.1. The fourth-order valence-corrected chi connectivity index (χ4v) is 4.11. The molecule has 0 spiro atoms. The van der Waals surface area contributed by atoms with Crippen molar-refractivity contribution in [3.63, 3.8) is 0 Å². The predicted octanol–water partition coefficient (Wildman–Crippen LogP) is 4.74. The summed E-state index contributed by atoms with van der Waals surface area (Å²) in [6.07, 6.45) is 0. The molecule has 2 N–H and O–H groups in total. The van der Waals surface area contributed by atoms with Crippen LogP contribution in [-0.2, 0) is 11.8 Å². The van der Waals surface area contributed by atoms with Crippen LogP contribution in [0.1, 0.15) is 41.6 Å². The van der Waals surface area contributed by atoms with Crippen LogP contribution in [0, 0.1) is 12.8 Å². The summed E-state index contributed by atoms with van der Waals surface area (Å²) in [5.74, 6) is 0.667. The zero-order chi connectivity index (χ0) is 23.3. The first kappa shape index (κ1) is 24.0. The van der Waals surface area contributed by atoms with E-state index in [9.17, 15) is 9.59 Å². The average molecular weight is 516 g/mol. The number of nitrogens with one attached hydrogen (secondary N) is 2. The molecule has 2 aromatic carbocycles. The van der Waals surface area contributed by atoms with Gasteiger partial charge in [0.15, 0.2) is 11.0 Å². The summed E-state index contributed by atoms with van der Waals surface area (Å²) >= 11 is 4.68. The molecule has 0 saturated carbocycles. The molecule has 0 radical (unpaired) electrons. The molecule has 0 fully saturated rings. The Morgan fingerprint density at radius 2 is 1.84 bits per heavy atom. The van der Waals surface area contributed by atoms with Crippen LogP contribution in [0.4, 0.5) is 5.69 Å². The molecule has 0 aliphatic rings. The monoisotopic (exact) mass is 515 g/mol. The van der Waals surface area contributed by atoms with Crippen molar-refractivity contribution in [2.45, 2.75) is 32.0 Å². The van der Waals surface area contributed by atoms with Crippen molar-refractivity contribution in [2.75, 3.05) is 11.1 Å². The van der Waals surface area contributed by atoms with Crippen LogP contribution in [0.3, 0.4) is 0 Å². The molecule has 168 valence electrons. The third kappa shape index (κ3) is 6.20. The van der Waals surface area contributed by atoms with Gasteiger partial charge in [0.2, 0.25) is 5.91 Å². The van der Waals surface area contributed by atoms with Gasteiger partial charge in [-0.05, 0) is 49.2 Å².